The van der Waals surface area contributed by atoms with Crippen molar-refractivity contribution in [3.8, 4) is 5.75 Å². The lowest BCUT2D eigenvalue weighted by Gasteiger charge is -2.18. The molecule has 0 fully saturated rings. The van der Waals surface area contributed by atoms with Crippen molar-refractivity contribution in [3.63, 3.8) is 0 Å². The van der Waals surface area contributed by atoms with E-state index < -0.39 is 5.41 Å². The molecule has 24 heavy (non-hydrogen) atoms. The van der Waals surface area contributed by atoms with Gasteiger partial charge >= 0.3 is 0 Å². The zero-order chi connectivity index (χ0) is 17.6. The van der Waals surface area contributed by atoms with Crippen molar-refractivity contribution in [3.05, 3.63) is 53.9 Å². The Labute approximate surface area is 149 Å². The summed E-state index contributed by atoms with van der Waals surface area (Å²) in [5.41, 5.74) is 1.97. The molecule has 0 saturated heterocycles. The van der Waals surface area contributed by atoms with Crippen LogP contribution < -0.4 is 15.4 Å². The van der Waals surface area contributed by atoms with E-state index in [9.17, 15) is 4.39 Å². The highest BCUT2D eigenvalue weighted by molar-refractivity contribution is 7.18. The highest BCUT2D eigenvalue weighted by Crippen LogP contribution is 2.21. The molecule has 7 heteroatoms. The Kier molecular flexibility index (Phi) is 6.79. The fourth-order valence-electron chi connectivity index (χ4n) is 2.11. The van der Waals surface area contributed by atoms with Crippen LogP contribution in [0.5, 0.6) is 5.75 Å². The van der Waals surface area contributed by atoms with Gasteiger partial charge in [0.2, 0.25) is 0 Å². The van der Waals surface area contributed by atoms with E-state index in [0.29, 0.717) is 17.5 Å². The molecule has 0 bridgehead atoms. The van der Waals surface area contributed by atoms with Gasteiger partial charge in [-0.2, -0.15) is 0 Å². The van der Waals surface area contributed by atoms with Crippen LogP contribution in [0.2, 0.25) is 0 Å². The average Bonchev–Trinajstić information content (AvgIpc) is 2.54. The quantitative estimate of drug-likeness (QED) is 0.724. The molecule has 4 nitrogen and oxygen atoms in total. The fraction of sp³-hybridized carbons (Fsp3) is 0.353. The predicted molar refractivity (Wildman–Crippen MR) is 101 cm³/mol. The second-order valence-electron chi connectivity index (χ2n) is 5.72. The van der Waals surface area contributed by atoms with E-state index in [1.165, 1.54) is 6.92 Å². The van der Waals surface area contributed by atoms with Crippen LogP contribution >= 0.6 is 20.8 Å². The number of likely N-dealkylation sites (N-methyl/N-ethyl adjacent to an activating group) is 1. The molecular formula is C17H22ClFN3OP. The first-order valence-corrected chi connectivity index (χ1v) is 8.55. The molecule has 0 amide bonds. The Morgan fingerprint density at radius 1 is 1.42 bits per heavy atom. The summed E-state index contributed by atoms with van der Waals surface area (Å²) in [6.07, 6.45) is 5.50. The lowest BCUT2D eigenvalue weighted by molar-refractivity contribution is 0.182. The van der Waals surface area contributed by atoms with Crippen LogP contribution in [0.3, 0.4) is 0 Å². The summed E-state index contributed by atoms with van der Waals surface area (Å²) in [4.78, 5) is 4.09. The van der Waals surface area contributed by atoms with Crippen LogP contribution in [0.15, 0.2) is 53.3 Å². The van der Waals surface area contributed by atoms with Crippen molar-refractivity contribution < 1.29 is 9.13 Å². The molecule has 1 aromatic carbocycles. The zero-order valence-electron chi connectivity index (χ0n) is 13.7. The smallest absolute Gasteiger partial charge is 0.154 e. The Hall–Kier alpha value is -1.42. The maximum Gasteiger partial charge on any atom is 0.154 e. The molecule has 3 atom stereocenters. The van der Waals surface area contributed by atoms with Gasteiger partial charge in [0.05, 0.1) is 6.04 Å². The zero-order valence-corrected chi connectivity index (χ0v) is 15.6. The third-order valence-corrected chi connectivity index (χ3v) is 3.84. The average molecular weight is 370 g/mol. The highest BCUT2D eigenvalue weighted by Gasteiger charge is 2.17. The molecule has 1 aliphatic heterocycles. The summed E-state index contributed by atoms with van der Waals surface area (Å²) in [6.45, 7) is 2.09. The monoisotopic (exact) mass is 369 g/mol. The number of aliphatic imine (C=N–C) groups is 1. The summed E-state index contributed by atoms with van der Waals surface area (Å²) in [5, 5.41) is 5.44. The molecule has 0 spiro atoms. The lowest BCUT2D eigenvalue weighted by Crippen LogP contribution is -2.30. The first kappa shape index (κ1) is 18.9. The van der Waals surface area contributed by atoms with Crippen LogP contribution in [0.1, 0.15) is 12.5 Å². The largest absolute Gasteiger partial charge is 0.490 e. The van der Waals surface area contributed by atoms with Gasteiger partial charge in [-0.15, -0.1) is 0 Å². The minimum absolute atomic E-state index is 0.00187. The molecule has 0 saturated carbocycles. The molecule has 1 aromatic rings. The third kappa shape index (κ3) is 5.90. The minimum Gasteiger partial charge on any atom is -0.490 e. The number of hydrogen-bond acceptors (Lipinski definition) is 4. The first-order chi connectivity index (χ1) is 11.4. The second kappa shape index (κ2) is 8.61. The molecule has 0 aromatic heterocycles. The van der Waals surface area contributed by atoms with Crippen LogP contribution in [0.4, 0.5) is 4.39 Å². The number of halogens is 2. The molecule has 0 radical (unpaired) electrons. The maximum absolute atomic E-state index is 13.4. The van der Waals surface area contributed by atoms with Crippen molar-refractivity contribution >= 4 is 26.0 Å². The third-order valence-electron chi connectivity index (χ3n) is 3.36. The number of alkyl halides is 1. The SMILES string of the molecule is CNC1C=CN=C(Cl)/C1=C/NCc1ccc(OCC(C)(F)P)cc1. The Balaban J connectivity index is 1.89. The minimum atomic E-state index is -1.43. The van der Waals surface area contributed by atoms with Gasteiger partial charge in [0.25, 0.3) is 0 Å². The fourth-order valence-corrected chi connectivity index (χ4v) is 2.42. The van der Waals surface area contributed by atoms with Gasteiger partial charge < -0.3 is 15.4 Å². The molecule has 1 heterocycles. The van der Waals surface area contributed by atoms with Crippen LogP contribution in [0, 0.1) is 0 Å². The van der Waals surface area contributed by atoms with Crippen molar-refractivity contribution in [2.24, 2.45) is 4.99 Å². The Morgan fingerprint density at radius 3 is 2.75 bits per heavy atom. The predicted octanol–water partition coefficient (Wildman–Crippen LogP) is 3.35. The molecule has 2 N–H and O–H groups in total. The Bertz CT molecular complexity index is 638. The first-order valence-electron chi connectivity index (χ1n) is 7.59. The van der Waals surface area contributed by atoms with Crippen molar-refractivity contribution in [2.75, 3.05) is 13.7 Å². The molecule has 3 unspecified atom stereocenters. The van der Waals surface area contributed by atoms with E-state index in [1.807, 2.05) is 43.6 Å². The summed E-state index contributed by atoms with van der Waals surface area (Å²) >= 11 is 6.13. The van der Waals surface area contributed by atoms with Crippen molar-refractivity contribution in [1.82, 2.24) is 10.6 Å². The Morgan fingerprint density at radius 2 is 2.12 bits per heavy atom. The van der Waals surface area contributed by atoms with Crippen LogP contribution in [-0.2, 0) is 6.54 Å². The van der Waals surface area contributed by atoms with Crippen molar-refractivity contribution in [1.29, 1.82) is 0 Å². The number of ether oxygens (including phenoxy) is 1. The van der Waals surface area contributed by atoms with Crippen LogP contribution in [-0.4, -0.2) is 30.3 Å². The van der Waals surface area contributed by atoms with Gasteiger partial charge in [-0.3, -0.25) is 0 Å². The molecule has 2 rings (SSSR count). The van der Waals surface area contributed by atoms with Gasteiger partial charge in [0, 0.05) is 24.5 Å². The molecule has 130 valence electrons. The van der Waals surface area contributed by atoms with Gasteiger partial charge in [0.1, 0.15) is 17.5 Å². The number of hydrogen-bond donors (Lipinski definition) is 2. The van der Waals surface area contributed by atoms with Gasteiger partial charge in [-0.25, -0.2) is 9.38 Å². The van der Waals surface area contributed by atoms with E-state index in [1.54, 1.807) is 6.20 Å². The lowest BCUT2D eigenvalue weighted by atomic mass is 10.1. The summed E-state index contributed by atoms with van der Waals surface area (Å²) in [6, 6.07) is 7.57. The highest BCUT2D eigenvalue weighted by atomic mass is 35.5. The standard InChI is InChI=1S/C17H22ClFN3OP/c1-17(19,24)11-23-13-5-3-12(4-6-13)9-21-10-14-15(20-2)7-8-22-16(14)18/h3-8,10,15,20-21H,9,11,24H2,1-2H3/b14-10+. The number of benzene rings is 1. The van der Waals surface area contributed by atoms with Crippen LogP contribution in [0.25, 0.3) is 0 Å². The van der Waals surface area contributed by atoms with E-state index in [4.69, 9.17) is 16.3 Å². The van der Waals surface area contributed by atoms with E-state index >= 15 is 0 Å². The normalized spacial score (nSPS) is 21.3. The maximum atomic E-state index is 13.4. The molecule has 0 aliphatic carbocycles. The van der Waals surface area contributed by atoms with Gasteiger partial charge in [-0.05, 0) is 37.7 Å². The molecular weight excluding hydrogens is 348 g/mol. The number of rotatable bonds is 7. The summed E-state index contributed by atoms with van der Waals surface area (Å²) in [7, 11) is 3.99. The van der Waals surface area contributed by atoms with E-state index in [2.05, 4.69) is 24.9 Å². The van der Waals surface area contributed by atoms with E-state index in [0.717, 1.165) is 11.1 Å². The number of nitrogens with one attached hydrogen (secondary N) is 2. The van der Waals surface area contributed by atoms with E-state index in [-0.39, 0.29) is 12.6 Å². The second-order valence-corrected chi connectivity index (χ2v) is 7.28. The van der Waals surface area contributed by atoms with Crippen molar-refractivity contribution in [2.45, 2.75) is 24.9 Å². The van der Waals surface area contributed by atoms with Gasteiger partial charge in [-0.1, -0.05) is 33.0 Å². The summed E-state index contributed by atoms with van der Waals surface area (Å²) in [5.74, 6) is 0.645. The molecule has 1 aliphatic rings. The number of nitrogens with zero attached hydrogens (tertiary/aromatic N) is 1. The summed E-state index contributed by atoms with van der Waals surface area (Å²) < 4.78 is 18.8. The van der Waals surface area contributed by atoms with Gasteiger partial charge in [0.15, 0.2) is 5.41 Å². The topological polar surface area (TPSA) is 45.7 Å².